The van der Waals surface area contributed by atoms with Crippen LogP contribution in [-0.2, 0) is 6.54 Å². The second kappa shape index (κ2) is 5.02. The van der Waals surface area contributed by atoms with E-state index in [4.69, 9.17) is 4.74 Å². The van der Waals surface area contributed by atoms with E-state index >= 15 is 0 Å². The molecule has 1 heterocycles. The van der Waals surface area contributed by atoms with Gasteiger partial charge in [0.15, 0.2) is 0 Å². The second-order valence-corrected chi connectivity index (χ2v) is 5.21. The molecule has 1 rings (SSSR count). The maximum absolute atomic E-state index is 10.0. The highest BCUT2D eigenvalue weighted by atomic mass is 16.5. The molecule has 0 radical (unpaired) electrons. The summed E-state index contributed by atoms with van der Waals surface area (Å²) in [4.78, 5) is 4.14. The molecule has 2 N–H and O–H groups in total. The molecule has 1 aromatic rings. The molecule has 0 saturated heterocycles. The van der Waals surface area contributed by atoms with Crippen LogP contribution in [0.15, 0.2) is 18.3 Å². The van der Waals surface area contributed by atoms with Crippen LogP contribution < -0.4 is 10.1 Å². The number of hydrogen-bond donors (Lipinski definition) is 2. The first-order valence-corrected chi connectivity index (χ1v) is 5.73. The molecular weight excluding hydrogens is 216 g/mol. The highest BCUT2D eigenvalue weighted by Crippen LogP contribution is 2.22. The van der Waals surface area contributed by atoms with Gasteiger partial charge in [0.2, 0.25) is 5.88 Å². The molecular formula is C13H22N2O2. The Bertz CT molecular complexity index is 370. The summed E-state index contributed by atoms with van der Waals surface area (Å²) in [6.07, 6.45) is 1.70. The third-order valence-electron chi connectivity index (χ3n) is 3.29. The maximum Gasteiger partial charge on any atom is 0.217 e. The molecule has 96 valence electrons. The van der Waals surface area contributed by atoms with Crippen LogP contribution in [0.2, 0.25) is 0 Å². The number of hydrogen-bond acceptors (Lipinski definition) is 4. The van der Waals surface area contributed by atoms with E-state index in [1.54, 1.807) is 27.2 Å². The third-order valence-corrected chi connectivity index (χ3v) is 3.29. The Labute approximate surface area is 103 Å². The van der Waals surface area contributed by atoms with Crippen molar-refractivity contribution in [1.82, 2.24) is 10.3 Å². The molecule has 0 aliphatic heterocycles. The Balaban J connectivity index is 2.74. The molecule has 0 aliphatic rings. The molecule has 0 spiro atoms. The Hall–Kier alpha value is -1.13. The molecule has 0 amide bonds. The summed E-state index contributed by atoms with van der Waals surface area (Å²) in [6.45, 7) is 8.13. The topological polar surface area (TPSA) is 54.4 Å². The Morgan fingerprint density at radius 2 is 2.00 bits per heavy atom. The quantitative estimate of drug-likeness (QED) is 0.820. The van der Waals surface area contributed by atoms with Crippen molar-refractivity contribution in [3.8, 4) is 5.88 Å². The van der Waals surface area contributed by atoms with Gasteiger partial charge in [-0.3, -0.25) is 0 Å². The number of pyridine rings is 1. The molecule has 0 saturated carbocycles. The summed E-state index contributed by atoms with van der Waals surface area (Å²) in [7, 11) is 1.60. The van der Waals surface area contributed by atoms with Gasteiger partial charge in [-0.05, 0) is 33.8 Å². The SMILES string of the molecule is COc1ncccc1CNC(C)(C)C(C)(C)O. The predicted octanol–water partition coefficient (Wildman–Crippen LogP) is 1.73. The van der Waals surface area contributed by atoms with Crippen molar-refractivity contribution >= 4 is 0 Å². The lowest BCUT2D eigenvalue weighted by molar-refractivity contribution is -0.00541. The lowest BCUT2D eigenvalue weighted by Gasteiger charge is -2.38. The zero-order valence-corrected chi connectivity index (χ0v) is 11.2. The summed E-state index contributed by atoms with van der Waals surface area (Å²) >= 11 is 0. The number of ether oxygens (including phenoxy) is 1. The van der Waals surface area contributed by atoms with E-state index in [9.17, 15) is 5.11 Å². The lowest BCUT2D eigenvalue weighted by atomic mass is 9.86. The van der Waals surface area contributed by atoms with Crippen LogP contribution in [-0.4, -0.2) is 28.3 Å². The normalized spacial score (nSPS) is 12.6. The van der Waals surface area contributed by atoms with E-state index in [1.807, 2.05) is 26.0 Å². The van der Waals surface area contributed by atoms with Crippen LogP contribution in [0.4, 0.5) is 0 Å². The predicted molar refractivity (Wildman–Crippen MR) is 68.0 cm³/mol. The fourth-order valence-corrected chi connectivity index (χ4v) is 1.27. The Morgan fingerprint density at radius 3 is 2.53 bits per heavy atom. The van der Waals surface area contributed by atoms with Gasteiger partial charge in [-0.2, -0.15) is 0 Å². The van der Waals surface area contributed by atoms with Gasteiger partial charge >= 0.3 is 0 Å². The number of rotatable bonds is 5. The molecule has 17 heavy (non-hydrogen) atoms. The van der Waals surface area contributed by atoms with Gasteiger partial charge in [-0.1, -0.05) is 6.07 Å². The van der Waals surface area contributed by atoms with Crippen molar-refractivity contribution in [3.05, 3.63) is 23.9 Å². The van der Waals surface area contributed by atoms with E-state index in [1.165, 1.54) is 0 Å². The number of aromatic nitrogens is 1. The highest BCUT2D eigenvalue weighted by Gasteiger charge is 2.34. The molecule has 0 atom stereocenters. The minimum absolute atomic E-state index is 0.395. The van der Waals surface area contributed by atoms with Crippen molar-refractivity contribution in [1.29, 1.82) is 0 Å². The number of nitrogens with one attached hydrogen (secondary N) is 1. The van der Waals surface area contributed by atoms with Crippen LogP contribution in [0.3, 0.4) is 0 Å². The third kappa shape index (κ3) is 3.41. The van der Waals surface area contributed by atoms with Crippen molar-refractivity contribution in [2.75, 3.05) is 7.11 Å². The zero-order chi connectivity index (χ0) is 13.1. The molecule has 0 fully saturated rings. The van der Waals surface area contributed by atoms with Gasteiger partial charge in [0.05, 0.1) is 12.7 Å². The van der Waals surface area contributed by atoms with Crippen LogP contribution in [0.5, 0.6) is 5.88 Å². The molecule has 0 aromatic carbocycles. The summed E-state index contributed by atoms with van der Waals surface area (Å²) in [5.41, 5.74) is -0.219. The van der Waals surface area contributed by atoms with Gasteiger partial charge < -0.3 is 15.2 Å². The van der Waals surface area contributed by atoms with Crippen LogP contribution in [0.1, 0.15) is 33.3 Å². The van der Waals surface area contributed by atoms with E-state index in [-0.39, 0.29) is 0 Å². The average Bonchev–Trinajstić information content (AvgIpc) is 2.25. The van der Waals surface area contributed by atoms with Crippen molar-refractivity contribution in [2.45, 2.75) is 45.4 Å². The van der Waals surface area contributed by atoms with Crippen LogP contribution >= 0.6 is 0 Å². The molecule has 4 nitrogen and oxygen atoms in total. The number of methoxy groups -OCH3 is 1. The maximum atomic E-state index is 10.0. The summed E-state index contributed by atoms with van der Waals surface area (Å²) < 4.78 is 5.18. The van der Waals surface area contributed by atoms with Crippen molar-refractivity contribution < 1.29 is 9.84 Å². The first-order chi connectivity index (χ1) is 7.78. The van der Waals surface area contributed by atoms with Crippen LogP contribution in [0.25, 0.3) is 0 Å². The first-order valence-electron chi connectivity index (χ1n) is 5.73. The van der Waals surface area contributed by atoms with E-state index in [2.05, 4.69) is 10.3 Å². The smallest absolute Gasteiger partial charge is 0.217 e. The summed E-state index contributed by atoms with van der Waals surface area (Å²) in [5, 5.41) is 13.4. The van der Waals surface area contributed by atoms with Gasteiger partial charge in [-0.15, -0.1) is 0 Å². The van der Waals surface area contributed by atoms with Crippen molar-refractivity contribution in [2.24, 2.45) is 0 Å². The van der Waals surface area contributed by atoms with Gasteiger partial charge in [-0.25, -0.2) is 4.98 Å². The monoisotopic (exact) mass is 238 g/mol. The number of aliphatic hydroxyl groups is 1. The molecule has 0 aliphatic carbocycles. The lowest BCUT2D eigenvalue weighted by Crippen LogP contribution is -2.55. The Morgan fingerprint density at radius 1 is 1.35 bits per heavy atom. The van der Waals surface area contributed by atoms with Gasteiger partial charge in [0.25, 0.3) is 0 Å². The average molecular weight is 238 g/mol. The summed E-state index contributed by atoms with van der Waals surface area (Å²) in [5.74, 6) is 0.617. The zero-order valence-electron chi connectivity index (χ0n) is 11.2. The second-order valence-electron chi connectivity index (χ2n) is 5.21. The van der Waals surface area contributed by atoms with Crippen molar-refractivity contribution in [3.63, 3.8) is 0 Å². The molecule has 0 unspecified atom stereocenters. The van der Waals surface area contributed by atoms with Crippen LogP contribution in [0, 0.1) is 0 Å². The Kier molecular flexibility index (Phi) is 4.11. The minimum atomic E-state index is -0.803. The number of nitrogens with zero attached hydrogens (tertiary/aromatic N) is 1. The van der Waals surface area contributed by atoms with E-state index in [0.717, 1.165) is 5.56 Å². The molecule has 0 bridgehead atoms. The highest BCUT2D eigenvalue weighted by molar-refractivity contribution is 5.25. The first kappa shape index (κ1) is 13.9. The molecule has 1 aromatic heterocycles. The van der Waals surface area contributed by atoms with E-state index < -0.39 is 11.1 Å². The molecule has 4 heteroatoms. The fraction of sp³-hybridized carbons (Fsp3) is 0.615. The van der Waals surface area contributed by atoms with E-state index in [0.29, 0.717) is 12.4 Å². The standard InChI is InChI=1S/C13H22N2O2/c1-12(2,13(3,4)16)15-9-10-7-6-8-14-11(10)17-5/h6-8,15-16H,9H2,1-5H3. The largest absolute Gasteiger partial charge is 0.481 e. The fourth-order valence-electron chi connectivity index (χ4n) is 1.27. The summed E-state index contributed by atoms with van der Waals surface area (Å²) in [6, 6.07) is 3.83. The van der Waals surface area contributed by atoms with Gasteiger partial charge in [0.1, 0.15) is 0 Å². The minimum Gasteiger partial charge on any atom is -0.481 e. The van der Waals surface area contributed by atoms with Gasteiger partial charge in [0, 0.05) is 23.8 Å².